The van der Waals surface area contributed by atoms with E-state index in [0.29, 0.717) is 16.7 Å². The summed E-state index contributed by atoms with van der Waals surface area (Å²) in [5.41, 5.74) is 1.41. The molecular formula is C35H41F3N2O9. The van der Waals surface area contributed by atoms with E-state index in [1.165, 1.54) is 18.2 Å². The molecule has 14 heteroatoms. The average Bonchev–Trinajstić information content (AvgIpc) is 2.97. The van der Waals surface area contributed by atoms with Gasteiger partial charge in [-0.2, -0.15) is 13.2 Å². The number of amides is 2. The third-order valence-electron chi connectivity index (χ3n) is 11.0. The SMILES string of the molecule is CCOc1ccc(-c2ccc(O)c3c2C[C@]2(C)C[C@]4(C)[C@@H](C(C)C)C(O)[C@@H](C(N)=O)C(=O)[C@]4(O)C(O)[C@H]2C3=O)cc1CNC(=O)C(F)(F)F. The standard InChI is InChI=1S/C35H41F3N2O9/c1-6-49-21-10-7-16(11-17(21)13-40-31(47)35(36,37)38)18-8-9-20(41)22-19(18)12-32(4)14-33(5)24(15(2)3)27(43)23(30(39)46)28(44)34(33,48)29(45)25(32)26(22)42/h7-11,15,23-25,27,29,41,43,45,48H,6,12-14H2,1-5H3,(H2,39,46)(H,40,47)/t23-,24+,25-,27?,29?,32-,33-,34+/m1/s1. The number of primary amides is 1. The molecule has 5 rings (SSSR count). The molecule has 7 N–H and O–H groups in total. The Balaban J connectivity index is 1.65. The second kappa shape index (κ2) is 12.1. The molecule has 0 bridgehead atoms. The summed E-state index contributed by atoms with van der Waals surface area (Å²) >= 11 is 0. The van der Waals surface area contributed by atoms with Gasteiger partial charge in [0, 0.05) is 17.5 Å². The van der Waals surface area contributed by atoms with Gasteiger partial charge in [0.2, 0.25) is 5.91 Å². The fourth-order valence-corrected chi connectivity index (χ4v) is 9.26. The molecule has 0 spiro atoms. The van der Waals surface area contributed by atoms with Gasteiger partial charge in [-0.05, 0) is 71.9 Å². The fraction of sp³-hybridized carbons (Fsp3) is 0.543. The molecular weight excluding hydrogens is 649 g/mol. The van der Waals surface area contributed by atoms with Gasteiger partial charge in [0.15, 0.2) is 17.2 Å². The summed E-state index contributed by atoms with van der Waals surface area (Å²) in [7, 11) is 0. The molecule has 266 valence electrons. The van der Waals surface area contributed by atoms with Crippen molar-refractivity contribution >= 4 is 23.4 Å². The van der Waals surface area contributed by atoms with Crippen LogP contribution in [0.5, 0.6) is 11.5 Å². The van der Waals surface area contributed by atoms with Gasteiger partial charge in [0.05, 0.1) is 24.2 Å². The zero-order valence-corrected chi connectivity index (χ0v) is 27.7. The minimum atomic E-state index is -5.10. The van der Waals surface area contributed by atoms with Crippen molar-refractivity contribution in [2.75, 3.05) is 6.61 Å². The lowest BCUT2D eigenvalue weighted by molar-refractivity contribution is -0.265. The quantitative estimate of drug-likeness (QED) is 0.237. The topological polar surface area (TPSA) is 196 Å². The molecule has 8 atom stereocenters. The van der Waals surface area contributed by atoms with Crippen LogP contribution in [0.25, 0.3) is 11.1 Å². The maximum atomic E-state index is 14.4. The molecule has 2 fully saturated rings. The molecule has 2 amide bonds. The number of carbonyl (C=O) groups excluding carboxylic acids is 4. The molecule has 0 heterocycles. The first kappa shape index (κ1) is 36.3. The Kier molecular flexibility index (Phi) is 8.95. The summed E-state index contributed by atoms with van der Waals surface area (Å²) in [5.74, 6) is -10.0. The Hall–Kier alpha value is -4.01. The van der Waals surface area contributed by atoms with Gasteiger partial charge in [-0.25, -0.2) is 0 Å². The summed E-state index contributed by atoms with van der Waals surface area (Å²) in [6.07, 6.45) is -8.75. The predicted octanol–water partition coefficient (Wildman–Crippen LogP) is 2.82. The number of carbonyl (C=O) groups is 4. The maximum absolute atomic E-state index is 14.4. The number of ketones is 2. The number of halogens is 3. The first-order valence-electron chi connectivity index (χ1n) is 16.1. The van der Waals surface area contributed by atoms with E-state index in [0.717, 1.165) is 0 Å². The number of benzene rings is 2. The van der Waals surface area contributed by atoms with Crippen molar-refractivity contribution < 1.29 is 57.5 Å². The van der Waals surface area contributed by atoms with E-state index in [9.17, 15) is 52.8 Å². The van der Waals surface area contributed by atoms with Crippen molar-refractivity contribution in [3.63, 3.8) is 0 Å². The van der Waals surface area contributed by atoms with Crippen molar-refractivity contribution in [1.82, 2.24) is 5.32 Å². The van der Waals surface area contributed by atoms with Crippen molar-refractivity contribution in [1.29, 1.82) is 0 Å². The molecule has 49 heavy (non-hydrogen) atoms. The average molecular weight is 691 g/mol. The lowest BCUT2D eigenvalue weighted by Gasteiger charge is -2.66. The third-order valence-corrected chi connectivity index (χ3v) is 11.0. The molecule has 2 saturated carbocycles. The number of nitrogens with two attached hydrogens (primary N) is 1. The first-order valence-corrected chi connectivity index (χ1v) is 16.1. The number of aliphatic hydroxyl groups excluding tert-OH is 2. The molecule has 0 radical (unpaired) electrons. The van der Waals surface area contributed by atoms with E-state index in [2.05, 4.69) is 0 Å². The zero-order chi connectivity index (χ0) is 36.6. The van der Waals surface area contributed by atoms with Crippen molar-refractivity contribution in [2.45, 2.75) is 78.0 Å². The van der Waals surface area contributed by atoms with E-state index in [1.807, 2.05) is 5.32 Å². The second-order valence-electron chi connectivity index (χ2n) is 14.4. The molecule has 3 aliphatic carbocycles. The highest BCUT2D eigenvalue weighted by atomic mass is 19.4. The van der Waals surface area contributed by atoms with Crippen LogP contribution in [0.2, 0.25) is 0 Å². The molecule has 3 aliphatic rings. The third kappa shape index (κ3) is 5.39. The molecule has 0 saturated heterocycles. The van der Waals surface area contributed by atoms with E-state index in [4.69, 9.17) is 10.5 Å². The summed E-state index contributed by atoms with van der Waals surface area (Å²) in [4.78, 5) is 52.3. The number of phenols is 1. The lowest BCUT2D eigenvalue weighted by Crippen LogP contribution is -2.79. The Morgan fingerprint density at radius 1 is 1.12 bits per heavy atom. The molecule has 2 aromatic rings. The molecule has 11 nitrogen and oxygen atoms in total. The molecule has 2 aromatic carbocycles. The van der Waals surface area contributed by atoms with Crippen LogP contribution in [0.1, 0.15) is 62.5 Å². The highest BCUT2D eigenvalue weighted by molar-refractivity contribution is 6.09. The number of aliphatic hydroxyl groups is 3. The van der Waals surface area contributed by atoms with Gasteiger partial charge in [-0.1, -0.05) is 39.8 Å². The number of fused-ring (bicyclic) bond motifs is 3. The van der Waals surface area contributed by atoms with Crippen LogP contribution in [-0.2, 0) is 27.3 Å². The van der Waals surface area contributed by atoms with E-state index in [-0.39, 0.29) is 36.3 Å². The maximum Gasteiger partial charge on any atom is 0.471 e. The largest absolute Gasteiger partial charge is 0.507 e. The molecule has 2 unspecified atom stereocenters. The number of nitrogens with one attached hydrogen (secondary N) is 1. The highest BCUT2D eigenvalue weighted by Gasteiger charge is 2.76. The Bertz CT molecular complexity index is 1730. The van der Waals surface area contributed by atoms with Crippen molar-refractivity contribution in [2.24, 2.45) is 40.2 Å². The van der Waals surface area contributed by atoms with Crippen LogP contribution < -0.4 is 15.8 Å². The number of hydrogen-bond acceptors (Lipinski definition) is 9. The first-order chi connectivity index (χ1) is 22.7. The van der Waals surface area contributed by atoms with Gasteiger partial charge < -0.3 is 36.2 Å². The van der Waals surface area contributed by atoms with Crippen LogP contribution in [0.15, 0.2) is 30.3 Å². The number of Topliss-reactive ketones (excluding diaryl/α,β-unsaturated/α-hetero) is 2. The Labute approximate surface area is 280 Å². The molecule has 0 aliphatic heterocycles. The number of rotatable bonds is 7. The highest BCUT2D eigenvalue weighted by Crippen LogP contribution is 2.66. The number of ether oxygens (including phenoxy) is 1. The second-order valence-corrected chi connectivity index (χ2v) is 14.4. The smallest absolute Gasteiger partial charge is 0.471 e. The van der Waals surface area contributed by atoms with Gasteiger partial charge in [-0.3, -0.25) is 19.2 Å². The van der Waals surface area contributed by atoms with Gasteiger partial charge in [-0.15, -0.1) is 0 Å². The summed E-state index contributed by atoms with van der Waals surface area (Å²) < 4.78 is 44.4. The summed E-state index contributed by atoms with van der Waals surface area (Å²) in [5, 5.41) is 48.4. The van der Waals surface area contributed by atoms with Crippen molar-refractivity contribution in [3.8, 4) is 22.6 Å². The van der Waals surface area contributed by atoms with Crippen LogP contribution >= 0.6 is 0 Å². The fourth-order valence-electron chi connectivity index (χ4n) is 9.26. The lowest BCUT2D eigenvalue weighted by atomic mass is 9.39. The van der Waals surface area contributed by atoms with E-state index in [1.54, 1.807) is 46.8 Å². The Morgan fingerprint density at radius 2 is 1.78 bits per heavy atom. The molecule has 0 aromatic heterocycles. The van der Waals surface area contributed by atoms with Crippen LogP contribution in [0, 0.1) is 34.5 Å². The summed E-state index contributed by atoms with van der Waals surface area (Å²) in [6.45, 7) is 8.09. The predicted molar refractivity (Wildman–Crippen MR) is 168 cm³/mol. The minimum absolute atomic E-state index is 0.0346. The summed E-state index contributed by atoms with van der Waals surface area (Å²) in [6, 6.07) is 7.45. The monoisotopic (exact) mass is 690 g/mol. The van der Waals surface area contributed by atoms with Crippen LogP contribution in [0.4, 0.5) is 13.2 Å². The minimum Gasteiger partial charge on any atom is -0.507 e. The Morgan fingerprint density at radius 3 is 2.35 bits per heavy atom. The number of alkyl halides is 3. The normalized spacial score (nSPS) is 32.6. The number of hydrogen-bond donors (Lipinski definition) is 6. The van der Waals surface area contributed by atoms with Crippen LogP contribution in [0.3, 0.4) is 0 Å². The van der Waals surface area contributed by atoms with Gasteiger partial charge in [0.1, 0.15) is 23.5 Å². The van der Waals surface area contributed by atoms with Gasteiger partial charge >= 0.3 is 12.1 Å². The zero-order valence-electron chi connectivity index (χ0n) is 27.7. The van der Waals surface area contributed by atoms with Gasteiger partial charge in [0.25, 0.3) is 0 Å². The number of aromatic hydroxyl groups is 1. The number of phenolic OH excluding ortho intramolecular Hbond substituents is 1. The van der Waals surface area contributed by atoms with Crippen LogP contribution in [-0.4, -0.2) is 74.4 Å². The van der Waals surface area contributed by atoms with E-state index >= 15 is 0 Å². The van der Waals surface area contributed by atoms with E-state index < -0.39 is 94.2 Å². The van der Waals surface area contributed by atoms with Crippen molar-refractivity contribution in [3.05, 3.63) is 47.0 Å².